The second kappa shape index (κ2) is 6.95. The zero-order chi connectivity index (χ0) is 11.0. The molecule has 0 unspecified atom stereocenters. The number of ether oxygens (including phenoxy) is 2. The average Bonchev–Trinajstić information content (AvgIpc) is 2.16. The van der Waals surface area contributed by atoms with Crippen LogP contribution >= 0.6 is 0 Å². The maximum Gasteiger partial charge on any atom is 0.160 e. The first kappa shape index (κ1) is 12.5. The molecular weight excluding hydrogens is 180 g/mol. The van der Waals surface area contributed by atoms with Crippen LogP contribution in [0.2, 0.25) is 0 Å². The van der Waals surface area contributed by atoms with Crippen molar-refractivity contribution in [3.63, 3.8) is 0 Å². The van der Waals surface area contributed by atoms with E-state index in [1.54, 1.807) is 6.08 Å². The number of rotatable bonds is 6. The molecule has 0 spiro atoms. The highest BCUT2D eigenvalue weighted by Gasteiger charge is 2.04. The second-order valence-electron chi connectivity index (χ2n) is 2.80. The number of carbonyl (C=O) groups excluding carboxylic acids is 1. The van der Waals surface area contributed by atoms with E-state index in [4.69, 9.17) is 9.47 Å². The van der Waals surface area contributed by atoms with Gasteiger partial charge >= 0.3 is 0 Å². The first-order valence-corrected chi connectivity index (χ1v) is 4.34. The summed E-state index contributed by atoms with van der Waals surface area (Å²) in [6, 6.07) is 0. The molecule has 3 heteroatoms. The van der Waals surface area contributed by atoms with Crippen LogP contribution in [0, 0.1) is 0 Å². The van der Waals surface area contributed by atoms with E-state index in [2.05, 4.69) is 6.58 Å². The number of hydrogen-bond donors (Lipinski definition) is 0. The Bertz CT molecular complexity index is 249. The molecule has 0 atom stereocenters. The van der Waals surface area contributed by atoms with E-state index >= 15 is 0 Å². The molecule has 0 aromatic rings. The Kier molecular flexibility index (Phi) is 6.20. The van der Waals surface area contributed by atoms with Crippen molar-refractivity contribution in [1.29, 1.82) is 0 Å². The standard InChI is InChI=1S/C11H16O3/c1-5-10(14-9(2)3)11(13-4)7-6-8-12/h5-9H,1H2,2-4H3/b7-6+,11-10-. The predicted molar refractivity (Wildman–Crippen MR) is 55.7 cm³/mol. The smallest absolute Gasteiger partial charge is 0.160 e. The Balaban J connectivity index is 4.80. The Labute approximate surface area is 84.7 Å². The number of methoxy groups -OCH3 is 1. The molecule has 14 heavy (non-hydrogen) atoms. The molecule has 0 fully saturated rings. The van der Waals surface area contributed by atoms with Gasteiger partial charge in [-0.1, -0.05) is 6.58 Å². The summed E-state index contributed by atoms with van der Waals surface area (Å²) >= 11 is 0. The van der Waals surface area contributed by atoms with Crippen molar-refractivity contribution < 1.29 is 14.3 Å². The molecule has 0 saturated carbocycles. The number of hydrogen-bond acceptors (Lipinski definition) is 3. The molecule has 0 bridgehead atoms. The monoisotopic (exact) mass is 196 g/mol. The SMILES string of the molecule is C=C/C(OC(C)C)=C(\C=C\C=O)OC. The van der Waals surface area contributed by atoms with E-state index in [1.807, 2.05) is 13.8 Å². The fourth-order valence-electron chi connectivity index (χ4n) is 0.838. The Morgan fingerprint density at radius 3 is 2.36 bits per heavy atom. The average molecular weight is 196 g/mol. The van der Waals surface area contributed by atoms with Gasteiger partial charge in [0, 0.05) is 0 Å². The van der Waals surface area contributed by atoms with E-state index in [-0.39, 0.29) is 6.10 Å². The van der Waals surface area contributed by atoms with Crippen LogP contribution in [0.3, 0.4) is 0 Å². The molecule has 0 aromatic heterocycles. The van der Waals surface area contributed by atoms with Gasteiger partial charge < -0.3 is 9.47 Å². The molecule has 0 amide bonds. The minimum atomic E-state index is 0.0396. The van der Waals surface area contributed by atoms with Crippen LogP contribution in [0.5, 0.6) is 0 Å². The predicted octanol–water partition coefficient (Wildman–Crippen LogP) is 2.21. The quantitative estimate of drug-likeness (QED) is 0.283. The second-order valence-corrected chi connectivity index (χ2v) is 2.80. The largest absolute Gasteiger partial charge is 0.493 e. The van der Waals surface area contributed by atoms with Gasteiger partial charge in [0.25, 0.3) is 0 Å². The lowest BCUT2D eigenvalue weighted by molar-refractivity contribution is -0.104. The Hall–Kier alpha value is -1.51. The lowest BCUT2D eigenvalue weighted by atomic mass is 10.3. The van der Waals surface area contributed by atoms with Gasteiger partial charge in [0.1, 0.15) is 6.29 Å². The van der Waals surface area contributed by atoms with Gasteiger partial charge in [-0.05, 0) is 32.1 Å². The minimum absolute atomic E-state index is 0.0396. The molecule has 0 N–H and O–H groups in total. The molecular formula is C11H16O3. The third-order valence-corrected chi connectivity index (χ3v) is 1.34. The van der Waals surface area contributed by atoms with Gasteiger partial charge in [0.05, 0.1) is 13.2 Å². The maximum absolute atomic E-state index is 10.1. The van der Waals surface area contributed by atoms with E-state index in [9.17, 15) is 4.79 Å². The molecule has 0 aliphatic rings. The lowest BCUT2D eigenvalue weighted by Crippen LogP contribution is -2.03. The summed E-state index contributed by atoms with van der Waals surface area (Å²) in [5.41, 5.74) is 0. The van der Waals surface area contributed by atoms with Crippen molar-refractivity contribution in [2.24, 2.45) is 0 Å². The van der Waals surface area contributed by atoms with E-state index < -0.39 is 0 Å². The van der Waals surface area contributed by atoms with Gasteiger partial charge in [0.2, 0.25) is 0 Å². The molecule has 0 aromatic carbocycles. The summed E-state index contributed by atoms with van der Waals surface area (Å²) in [4.78, 5) is 10.1. The molecule has 0 saturated heterocycles. The molecule has 0 radical (unpaired) electrons. The van der Waals surface area contributed by atoms with Crippen molar-refractivity contribution in [1.82, 2.24) is 0 Å². The van der Waals surface area contributed by atoms with Crippen molar-refractivity contribution >= 4 is 6.29 Å². The first-order chi connectivity index (χ1) is 6.65. The van der Waals surface area contributed by atoms with Crippen LogP contribution in [0.4, 0.5) is 0 Å². The van der Waals surface area contributed by atoms with Gasteiger partial charge in [-0.25, -0.2) is 0 Å². The fraction of sp³-hybridized carbons (Fsp3) is 0.364. The van der Waals surface area contributed by atoms with E-state index in [0.717, 1.165) is 0 Å². The van der Waals surface area contributed by atoms with Crippen LogP contribution in [-0.2, 0) is 14.3 Å². The van der Waals surface area contributed by atoms with Gasteiger partial charge in [0.15, 0.2) is 11.5 Å². The summed E-state index contributed by atoms with van der Waals surface area (Å²) in [5.74, 6) is 1.02. The minimum Gasteiger partial charge on any atom is -0.493 e. The van der Waals surface area contributed by atoms with Crippen molar-refractivity contribution in [2.45, 2.75) is 20.0 Å². The van der Waals surface area contributed by atoms with Crippen LogP contribution in [0.25, 0.3) is 0 Å². The van der Waals surface area contributed by atoms with Crippen LogP contribution in [-0.4, -0.2) is 19.5 Å². The number of allylic oxidation sites excluding steroid dienone is 3. The van der Waals surface area contributed by atoms with Crippen molar-refractivity contribution in [2.75, 3.05) is 7.11 Å². The lowest BCUT2D eigenvalue weighted by Gasteiger charge is -2.12. The van der Waals surface area contributed by atoms with Crippen LogP contribution < -0.4 is 0 Å². The van der Waals surface area contributed by atoms with E-state index in [0.29, 0.717) is 17.8 Å². The summed E-state index contributed by atoms with van der Waals surface area (Å²) in [5, 5.41) is 0. The molecule has 0 aliphatic heterocycles. The number of aldehydes is 1. The molecule has 78 valence electrons. The Morgan fingerprint density at radius 1 is 1.36 bits per heavy atom. The first-order valence-electron chi connectivity index (χ1n) is 4.34. The molecule has 0 rings (SSSR count). The normalized spacial score (nSPS) is 12.6. The molecule has 0 aliphatic carbocycles. The zero-order valence-electron chi connectivity index (χ0n) is 8.82. The Morgan fingerprint density at radius 2 is 2.00 bits per heavy atom. The summed E-state index contributed by atoms with van der Waals surface area (Å²) in [6.45, 7) is 7.41. The molecule has 3 nitrogen and oxygen atoms in total. The van der Waals surface area contributed by atoms with Gasteiger partial charge in [-0.3, -0.25) is 4.79 Å². The number of carbonyl (C=O) groups is 1. The topological polar surface area (TPSA) is 35.5 Å². The summed E-state index contributed by atoms with van der Waals surface area (Å²) in [6.07, 6.45) is 5.14. The van der Waals surface area contributed by atoms with Crippen LogP contribution in [0.15, 0.2) is 36.3 Å². The highest BCUT2D eigenvalue weighted by Crippen LogP contribution is 2.12. The third kappa shape index (κ3) is 4.50. The highest BCUT2D eigenvalue weighted by atomic mass is 16.5. The van der Waals surface area contributed by atoms with Gasteiger partial charge in [-0.2, -0.15) is 0 Å². The third-order valence-electron chi connectivity index (χ3n) is 1.34. The van der Waals surface area contributed by atoms with Crippen molar-refractivity contribution in [3.05, 3.63) is 36.3 Å². The molecule has 0 heterocycles. The highest BCUT2D eigenvalue weighted by molar-refractivity contribution is 5.65. The van der Waals surface area contributed by atoms with Gasteiger partial charge in [-0.15, -0.1) is 0 Å². The summed E-state index contributed by atoms with van der Waals surface area (Å²) in [7, 11) is 1.51. The fourth-order valence-corrected chi connectivity index (χ4v) is 0.838. The van der Waals surface area contributed by atoms with Crippen LogP contribution in [0.1, 0.15) is 13.8 Å². The van der Waals surface area contributed by atoms with Crippen molar-refractivity contribution in [3.8, 4) is 0 Å². The maximum atomic E-state index is 10.1. The summed E-state index contributed by atoms with van der Waals surface area (Å²) < 4.78 is 10.5. The zero-order valence-corrected chi connectivity index (χ0v) is 8.82. The van der Waals surface area contributed by atoms with E-state index in [1.165, 1.54) is 19.3 Å².